The van der Waals surface area contributed by atoms with Crippen LogP contribution in [0.2, 0.25) is 0 Å². The van der Waals surface area contributed by atoms with Crippen LogP contribution in [-0.4, -0.2) is 73.7 Å². The highest BCUT2D eigenvalue weighted by atomic mass is 16.5. The minimum Gasteiger partial charge on any atom is -0.366 e. The number of nitrogens with one attached hydrogen (secondary N) is 1. The van der Waals surface area contributed by atoms with Crippen LogP contribution < -0.4 is 5.32 Å². The monoisotopic (exact) mass is 295 g/mol. The number of rotatable bonds is 2. The molecule has 1 atom stereocenters. The summed E-state index contributed by atoms with van der Waals surface area (Å²) in [6, 6.07) is 0.765. The zero-order valence-corrected chi connectivity index (χ0v) is 13.1. The summed E-state index contributed by atoms with van der Waals surface area (Å²) >= 11 is 0. The van der Waals surface area contributed by atoms with E-state index < -0.39 is 0 Å². The van der Waals surface area contributed by atoms with Crippen molar-refractivity contribution in [3.8, 4) is 0 Å². The minimum absolute atomic E-state index is 0.188. The van der Waals surface area contributed by atoms with Gasteiger partial charge in [-0.2, -0.15) is 0 Å². The molecule has 2 heterocycles. The van der Waals surface area contributed by atoms with E-state index in [4.69, 9.17) is 4.74 Å². The van der Waals surface area contributed by atoms with Crippen molar-refractivity contribution in [2.75, 3.05) is 45.9 Å². The summed E-state index contributed by atoms with van der Waals surface area (Å²) in [6.07, 6.45) is 7.70. The molecule has 0 aromatic rings. The third-order valence-electron chi connectivity index (χ3n) is 5.14. The van der Waals surface area contributed by atoms with Gasteiger partial charge in [0.05, 0.1) is 6.61 Å². The Bertz CT molecular complexity index is 338. The lowest BCUT2D eigenvalue weighted by molar-refractivity contribution is -0.145. The van der Waals surface area contributed by atoms with E-state index in [0.29, 0.717) is 13.2 Å². The summed E-state index contributed by atoms with van der Waals surface area (Å²) in [5.74, 6) is 0.188. The second-order valence-electron chi connectivity index (χ2n) is 6.57. The van der Waals surface area contributed by atoms with Crippen LogP contribution in [-0.2, 0) is 9.53 Å². The average Bonchev–Trinajstić information content (AvgIpc) is 2.82. The van der Waals surface area contributed by atoms with Crippen molar-refractivity contribution in [1.82, 2.24) is 15.1 Å². The zero-order chi connectivity index (χ0) is 14.5. The second-order valence-corrected chi connectivity index (χ2v) is 6.57. The van der Waals surface area contributed by atoms with Crippen molar-refractivity contribution in [2.45, 2.75) is 50.7 Å². The van der Waals surface area contributed by atoms with Gasteiger partial charge in [-0.05, 0) is 19.3 Å². The standard InChI is InChI=1S/C16H29N3O2/c20-16(15-13-17-7-12-21-15)19-9-4-8-18(10-11-19)14-5-2-1-3-6-14/h14-15,17H,1-13H2/t15-/m1/s1. The molecule has 3 fully saturated rings. The number of amides is 1. The van der Waals surface area contributed by atoms with E-state index in [0.717, 1.165) is 45.2 Å². The van der Waals surface area contributed by atoms with Gasteiger partial charge in [-0.25, -0.2) is 0 Å². The molecule has 1 saturated carbocycles. The van der Waals surface area contributed by atoms with Crippen molar-refractivity contribution in [3.05, 3.63) is 0 Å². The summed E-state index contributed by atoms with van der Waals surface area (Å²) in [7, 11) is 0. The fourth-order valence-electron chi connectivity index (χ4n) is 3.90. The number of hydrogen-bond acceptors (Lipinski definition) is 4. The van der Waals surface area contributed by atoms with E-state index in [1.54, 1.807) is 0 Å². The van der Waals surface area contributed by atoms with Gasteiger partial charge in [0.25, 0.3) is 5.91 Å². The number of carbonyl (C=O) groups excluding carboxylic acids is 1. The molecule has 1 N–H and O–H groups in total. The molecule has 0 aromatic heterocycles. The molecule has 3 rings (SSSR count). The Hall–Kier alpha value is -0.650. The van der Waals surface area contributed by atoms with Crippen LogP contribution in [0.1, 0.15) is 38.5 Å². The quantitative estimate of drug-likeness (QED) is 0.820. The van der Waals surface area contributed by atoms with Crippen molar-refractivity contribution in [3.63, 3.8) is 0 Å². The largest absolute Gasteiger partial charge is 0.366 e. The molecule has 2 saturated heterocycles. The van der Waals surface area contributed by atoms with Crippen LogP contribution in [0.5, 0.6) is 0 Å². The number of hydrogen-bond donors (Lipinski definition) is 1. The van der Waals surface area contributed by atoms with E-state index in [9.17, 15) is 4.79 Å². The molecular formula is C16H29N3O2. The van der Waals surface area contributed by atoms with Crippen molar-refractivity contribution < 1.29 is 9.53 Å². The molecule has 5 nitrogen and oxygen atoms in total. The third kappa shape index (κ3) is 3.96. The predicted octanol–water partition coefficient (Wildman–Crippen LogP) is 0.842. The summed E-state index contributed by atoms with van der Waals surface area (Å²) in [4.78, 5) is 17.2. The maximum absolute atomic E-state index is 12.5. The summed E-state index contributed by atoms with van der Waals surface area (Å²) in [6.45, 7) is 6.13. The van der Waals surface area contributed by atoms with Crippen LogP contribution in [0, 0.1) is 0 Å². The van der Waals surface area contributed by atoms with Gasteiger partial charge in [0.15, 0.2) is 0 Å². The molecule has 0 unspecified atom stereocenters. The van der Waals surface area contributed by atoms with Gasteiger partial charge in [-0.15, -0.1) is 0 Å². The summed E-state index contributed by atoms with van der Waals surface area (Å²) in [5.41, 5.74) is 0. The molecule has 21 heavy (non-hydrogen) atoms. The van der Waals surface area contributed by atoms with Crippen LogP contribution in [0.4, 0.5) is 0 Å². The van der Waals surface area contributed by atoms with Gasteiger partial charge in [0.2, 0.25) is 0 Å². The van der Waals surface area contributed by atoms with Gasteiger partial charge < -0.3 is 15.0 Å². The summed E-state index contributed by atoms with van der Waals surface area (Å²) in [5, 5.41) is 3.25. The minimum atomic E-state index is -0.264. The van der Waals surface area contributed by atoms with E-state index >= 15 is 0 Å². The fourth-order valence-corrected chi connectivity index (χ4v) is 3.90. The van der Waals surface area contributed by atoms with Crippen LogP contribution in [0.3, 0.4) is 0 Å². The number of morpholine rings is 1. The molecule has 0 bridgehead atoms. The molecule has 3 aliphatic rings. The molecule has 0 spiro atoms. The Labute approximate surface area is 128 Å². The topological polar surface area (TPSA) is 44.8 Å². The first kappa shape index (κ1) is 15.3. The maximum atomic E-state index is 12.5. The number of ether oxygens (including phenoxy) is 1. The van der Waals surface area contributed by atoms with Crippen LogP contribution in [0.15, 0.2) is 0 Å². The lowest BCUT2D eigenvalue weighted by Gasteiger charge is -2.33. The molecule has 1 amide bonds. The molecule has 120 valence electrons. The first-order chi connectivity index (χ1) is 10.3. The molecule has 0 radical (unpaired) electrons. The Morgan fingerprint density at radius 2 is 1.86 bits per heavy atom. The second kappa shape index (κ2) is 7.56. The number of nitrogens with zero attached hydrogens (tertiary/aromatic N) is 2. The molecule has 1 aliphatic carbocycles. The lowest BCUT2D eigenvalue weighted by atomic mass is 9.94. The van der Waals surface area contributed by atoms with Gasteiger partial charge in [-0.1, -0.05) is 19.3 Å². The van der Waals surface area contributed by atoms with E-state index in [1.807, 2.05) is 4.90 Å². The number of carbonyl (C=O) groups is 1. The van der Waals surface area contributed by atoms with E-state index in [2.05, 4.69) is 10.2 Å². The first-order valence-electron chi connectivity index (χ1n) is 8.70. The van der Waals surface area contributed by atoms with Crippen molar-refractivity contribution >= 4 is 5.91 Å². The Morgan fingerprint density at radius 3 is 2.62 bits per heavy atom. The van der Waals surface area contributed by atoms with E-state index in [-0.39, 0.29) is 12.0 Å². The zero-order valence-electron chi connectivity index (χ0n) is 13.1. The highest BCUT2D eigenvalue weighted by Gasteiger charge is 2.29. The normalized spacial score (nSPS) is 30.1. The lowest BCUT2D eigenvalue weighted by Crippen LogP contribution is -2.50. The predicted molar refractivity (Wildman–Crippen MR) is 82.3 cm³/mol. The molecule has 0 aromatic carbocycles. The Balaban J connectivity index is 1.51. The van der Waals surface area contributed by atoms with Crippen LogP contribution in [0.25, 0.3) is 0 Å². The van der Waals surface area contributed by atoms with Gasteiger partial charge in [0.1, 0.15) is 6.10 Å². The SMILES string of the molecule is O=C([C@H]1CNCCO1)N1CCCN(C2CCCCC2)CC1. The molecule has 5 heteroatoms. The van der Waals surface area contributed by atoms with Crippen molar-refractivity contribution in [2.24, 2.45) is 0 Å². The van der Waals surface area contributed by atoms with E-state index in [1.165, 1.54) is 32.1 Å². The molecule has 2 aliphatic heterocycles. The first-order valence-corrected chi connectivity index (χ1v) is 8.70. The van der Waals surface area contributed by atoms with Crippen LogP contribution >= 0.6 is 0 Å². The smallest absolute Gasteiger partial charge is 0.253 e. The molecular weight excluding hydrogens is 266 g/mol. The summed E-state index contributed by atoms with van der Waals surface area (Å²) < 4.78 is 5.61. The maximum Gasteiger partial charge on any atom is 0.253 e. The average molecular weight is 295 g/mol. The van der Waals surface area contributed by atoms with Crippen molar-refractivity contribution in [1.29, 1.82) is 0 Å². The highest BCUT2D eigenvalue weighted by Crippen LogP contribution is 2.23. The van der Waals surface area contributed by atoms with Gasteiger partial charge >= 0.3 is 0 Å². The fraction of sp³-hybridized carbons (Fsp3) is 0.938. The van der Waals surface area contributed by atoms with Gasteiger partial charge in [-0.3, -0.25) is 9.69 Å². The van der Waals surface area contributed by atoms with Gasteiger partial charge in [0, 0.05) is 45.3 Å². The highest BCUT2D eigenvalue weighted by molar-refractivity contribution is 5.81. The third-order valence-corrected chi connectivity index (χ3v) is 5.14. The Morgan fingerprint density at radius 1 is 1.00 bits per heavy atom. The Kier molecular flexibility index (Phi) is 5.49.